The van der Waals surface area contributed by atoms with Crippen molar-refractivity contribution in [2.45, 2.75) is 50.6 Å². The molecule has 2 fully saturated rings. The quantitative estimate of drug-likeness (QED) is 0.820. The van der Waals surface area contributed by atoms with Gasteiger partial charge in [-0.1, -0.05) is 18.2 Å². The third-order valence-corrected chi connectivity index (χ3v) is 5.21. The summed E-state index contributed by atoms with van der Waals surface area (Å²) in [6.07, 6.45) is 8.14. The summed E-state index contributed by atoms with van der Waals surface area (Å²) in [4.78, 5) is 2.62. The van der Waals surface area contributed by atoms with Crippen molar-refractivity contribution in [1.29, 1.82) is 0 Å². The second kappa shape index (κ2) is 5.54. The summed E-state index contributed by atoms with van der Waals surface area (Å²) in [5.74, 6) is 1.97. The first-order valence-electron chi connectivity index (χ1n) is 7.61. The Morgan fingerprint density at radius 2 is 1.84 bits per heavy atom. The molecule has 0 amide bonds. The minimum Gasteiger partial charge on any atom is -0.496 e. The molecule has 2 heteroatoms. The van der Waals surface area contributed by atoms with E-state index < -0.39 is 0 Å². The summed E-state index contributed by atoms with van der Waals surface area (Å²) in [5.41, 5.74) is 1.37. The molecular formula is C17H25NO. The van der Waals surface area contributed by atoms with Crippen molar-refractivity contribution in [2.24, 2.45) is 5.92 Å². The predicted octanol–water partition coefficient (Wildman–Crippen LogP) is 3.50. The lowest BCUT2D eigenvalue weighted by Gasteiger charge is -2.36. The first-order chi connectivity index (χ1) is 9.28. The number of methoxy groups -OCH3 is 1. The maximum atomic E-state index is 5.45. The van der Waals surface area contributed by atoms with Crippen LogP contribution in [0.15, 0.2) is 24.3 Å². The highest BCUT2D eigenvalue weighted by molar-refractivity contribution is 5.33. The molecule has 19 heavy (non-hydrogen) atoms. The Morgan fingerprint density at radius 3 is 2.53 bits per heavy atom. The second-order valence-electron chi connectivity index (χ2n) is 6.24. The molecule has 2 bridgehead atoms. The Hall–Kier alpha value is -1.02. The van der Waals surface area contributed by atoms with Crippen LogP contribution in [0.5, 0.6) is 5.75 Å². The molecule has 2 nitrogen and oxygen atoms in total. The SMILES string of the molecule is COc1ccccc1CCC1C[C@H]2CC[C@@H](C1)N2C. The number of para-hydroxylation sites is 1. The summed E-state index contributed by atoms with van der Waals surface area (Å²) in [5, 5.41) is 0. The van der Waals surface area contributed by atoms with Crippen LogP contribution in [0.1, 0.15) is 37.7 Å². The number of rotatable bonds is 4. The lowest BCUT2D eigenvalue weighted by Crippen LogP contribution is -2.39. The van der Waals surface area contributed by atoms with Crippen molar-refractivity contribution >= 4 is 0 Å². The van der Waals surface area contributed by atoms with Crippen molar-refractivity contribution in [2.75, 3.05) is 14.2 Å². The Bertz CT molecular complexity index is 417. The predicted molar refractivity (Wildman–Crippen MR) is 78.6 cm³/mol. The number of piperidine rings is 1. The number of hydrogen-bond acceptors (Lipinski definition) is 2. The van der Waals surface area contributed by atoms with Gasteiger partial charge < -0.3 is 9.64 Å². The smallest absolute Gasteiger partial charge is 0.122 e. The van der Waals surface area contributed by atoms with Gasteiger partial charge in [-0.25, -0.2) is 0 Å². The molecule has 2 saturated heterocycles. The molecule has 0 spiro atoms. The first kappa shape index (κ1) is 13.0. The Morgan fingerprint density at radius 1 is 1.16 bits per heavy atom. The van der Waals surface area contributed by atoms with Crippen LogP contribution < -0.4 is 4.74 Å². The van der Waals surface area contributed by atoms with E-state index in [0.717, 1.165) is 30.2 Å². The molecule has 3 rings (SSSR count). The fraction of sp³-hybridized carbons (Fsp3) is 0.647. The molecule has 2 heterocycles. The second-order valence-corrected chi connectivity index (χ2v) is 6.24. The molecule has 0 aromatic heterocycles. The molecule has 1 aromatic rings. The summed E-state index contributed by atoms with van der Waals surface area (Å²) in [6, 6.07) is 10.2. The lowest BCUT2D eigenvalue weighted by atomic mass is 9.86. The zero-order chi connectivity index (χ0) is 13.2. The molecular weight excluding hydrogens is 234 g/mol. The minimum absolute atomic E-state index is 0.862. The largest absolute Gasteiger partial charge is 0.496 e. The van der Waals surface area contributed by atoms with Crippen LogP contribution in [0.4, 0.5) is 0 Å². The van der Waals surface area contributed by atoms with Gasteiger partial charge in [0, 0.05) is 12.1 Å². The Balaban J connectivity index is 1.58. The maximum Gasteiger partial charge on any atom is 0.122 e. The zero-order valence-electron chi connectivity index (χ0n) is 12.1. The van der Waals surface area contributed by atoms with E-state index >= 15 is 0 Å². The van der Waals surface area contributed by atoms with E-state index in [1.165, 1.54) is 37.7 Å². The molecule has 1 aromatic carbocycles. The third kappa shape index (κ3) is 2.64. The molecule has 3 atom stereocenters. The van der Waals surface area contributed by atoms with Crippen molar-refractivity contribution in [3.8, 4) is 5.75 Å². The van der Waals surface area contributed by atoms with Gasteiger partial charge in [-0.15, -0.1) is 0 Å². The molecule has 104 valence electrons. The number of nitrogens with zero attached hydrogens (tertiary/aromatic N) is 1. The van der Waals surface area contributed by atoms with E-state index in [1.807, 2.05) is 0 Å². The minimum atomic E-state index is 0.862. The topological polar surface area (TPSA) is 12.5 Å². The fourth-order valence-electron chi connectivity index (χ4n) is 4.03. The van der Waals surface area contributed by atoms with E-state index in [1.54, 1.807) is 7.11 Å². The normalized spacial score (nSPS) is 30.5. The van der Waals surface area contributed by atoms with Crippen LogP contribution >= 0.6 is 0 Å². The standard InChI is InChI=1S/C17H25NO/c1-18-15-9-10-16(18)12-13(11-15)7-8-14-5-3-4-6-17(14)19-2/h3-6,13,15-16H,7-12H2,1-2H3/t13?,15-,16+. The average Bonchev–Trinajstić information content (AvgIpc) is 2.67. The van der Waals surface area contributed by atoms with Gasteiger partial charge in [0.05, 0.1) is 7.11 Å². The molecule has 0 N–H and O–H groups in total. The van der Waals surface area contributed by atoms with Crippen LogP contribution in [-0.2, 0) is 6.42 Å². The fourth-order valence-corrected chi connectivity index (χ4v) is 4.03. The number of benzene rings is 1. The van der Waals surface area contributed by atoms with Crippen LogP contribution in [0, 0.1) is 5.92 Å². The van der Waals surface area contributed by atoms with Gasteiger partial charge in [-0.05, 0) is 63.1 Å². The lowest BCUT2D eigenvalue weighted by molar-refractivity contribution is 0.129. The molecule has 2 aliphatic rings. The highest BCUT2D eigenvalue weighted by atomic mass is 16.5. The Labute approximate surface area is 116 Å². The van der Waals surface area contributed by atoms with Gasteiger partial charge in [0.25, 0.3) is 0 Å². The average molecular weight is 259 g/mol. The van der Waals surface area contributed by atoms with E-state index in [-0.39, 0.29) is 0 Å². The van der Waals surface area contributed by atoms with E-state index in [2.05, 4.69) is 36.2 Å². The monoisotopic (exact) mass is 259 g/mol. The van der Waals surface area contributed by atoms with Crippen LogP contribution in [0.2, 0.25) is 0 Å². The summed E-state index contributed by atoms with van der Waals surface area (Å²) < 4.78 is 5.45. The van der Waals surface area contributed by atoms with Crippen molar-refractivity contribution < 1.29 is 4.74 Å². The van der Waals surface area contributed by atoms with Gasteiger partial charge in [0.2, 0.25) is 0 Å². The summed E-state index contributed by atoms with van der Waals surface area (Å²) in [7, 11) is 4.09. The third-order valence-electron chi connectivity index (χ3n) is 5.21. The number of hydrogen-bond donors (Lipinski definition) is 0. The molecule has 0 saturated carbocycles. The van der Waals surface area contributed by atoms with E-state index in [4.69, 9.17) is 4.74 Å². The van der Waals surface area contributed by atoms with Crippen molar-refractivity contribution in [1.82, 2.24) is 4.90 Å². The van der Waals surface area contributed by atoms with Gasteiger partial charge in [-0.2, -0.15) is 0 Å². The molecule has 1 unspecified atom stereocenters. The summed E-state index contributed by atoms with van der Waals surface area (Å²) in [6.45, 7) is 0. The highest BCUT2D eigenvalue weighted by Gasteiger charge is 2.37. The Kier molecular flexibility index (Phi) is 3.79. The molecule has 0 radical (unpaired) electrons. The van der Waals surface area contributed by atoms with Crippen LogP contribution in [0.25, 0.3) is 0 Å². The molecule has 2 aliphatic heterocycles. The number of fused-ring (bicyclic) bond motifs is 2. The van der Waals surface area contributed by atoms with Crippen molar-refractivity contribution in [3.63, 3.8) is 0 Å². The van der Waals surface area contributed by atoms with Gasteiger partial charge in [-0.3, -0.25) is 0 Å². The first-order valence-corrected chi connectivity index (χ1v) is 7.61. The molecule has 0 aliphatic carbocycles. The van der Waals surface area contributed by atoms with Crippen LogP contribution in [-0.4, -0.2) is 31.1 Å². The van der Waals surface area contributed by atoms with Gasteiger partial charge >= 0.3 is 0 Å². The van der Waals surface area contributed by atoms with Crippen molar-refractivity contribution in [3.05, 3.63) is 29.8 Å². The highest BCUT2D eigenvalue weighted by Crippen LogP contribution is 2.39. The van der Waals surface area contributed by atoms with E-state index in [9.17, 15) is 0 Å². The van der Waals surface area contributed by atoms with Gasteiger partial charge in [0.15, 0.2) is 0 Å². The zero-order valence-corrected chi connectivity index (χ0v) is 12.1. The van der Waals surface area contributed by atoms with Gasteiger partial charge in [0.1, 0.15) is 5.75 Å². The summed E-state index contributed by atoms with van der Waals surface area (Å²) >= 11 is 0. The number of aryl methyl sites for hydroxylation is 1. The number of ether oxygens (including phenoxy) is 1. The van der Waals surface area contributed by atoms with Crippen LogP contribution in [0.3, 0.4) is 0 Å². The maximum absolute atomic E-state index is 5.45. The van der Waals surface area contributed by atoms with E-state index in [0.29, 0.717) is 0 Å².